The van der Waals surface area contributed by atoms with Gasteiger partial charge in [0.05, 0.1) is 26.1 Å². The number of piperazine rings is 1. The van der Waals surface area contributed by atoms with Crippen molar-refractivity contribution in [1.29, 1.82) is 0 Å². The first-order chi connectivity index (χ1) is 17.1. The Hall–Kier alpha value is -3.36. The van der Waals surface area contributed by atoms with Crippen molar-refractivity contribution in [3.8, 4) is 11.5 Å². The van der Waals surface area contributed by atoms with Crippen LogP contribution in [0.4, 0.5) is 5.69 Å². The van der Waals surface area contributed by atoms with Gasteiger partial charge >= 0.3 is 0 Å². The molecule has 7 nitrogen and oxygen atoms in total. The van der Waals surface area contributed by atoms with Crippen LogP contribution >= 0.6 is 15.9 Å². The Kier molecular flexibility index (Phi) is 8.39. The second kappa shape index (κ2) is 11.9. The molecule has 35 heavy (non-hydrogen) atoms. The average Bonchev–Trinajstić information content (AvgIpc) is 2.89. The maximum absolute atomic E-state index is 12.5. The summed E-state index contributed by atoms with van der Waals surface area (Å²) >= 11 is 3.43. The van der Waals surface area contributed by atoms with Crippen molar-refractivity contribution in [3.05, 3.63) is 87.9 Å². The van der Waals surface area contributed by atoms with Crippen LogP contribution in [0.2, 0.25) is 0 Å². The summed E-state index contributed by atoms with van der Waals surface area (Å²) in [5, 5.41) is 4.08. The molecule has 0 bridgehead atoms. The Labute approximate surface area is 214 Å². The van der Waals surface area contributed by atoms with E-state index in [0.29, 0.717) is 11.3 Å². The predicted octanol–water partition coefficient (Wildman–Crippen LogP) is 4.55. The Morgan fingerprint density at radius 2 is 1.69 bits per heavy atom. The predicted molar refractivity (Wildman–Crippen MR) is 143 cm³/mol. The lowest BCUT2D eigenvalue weighted by Crippen LogP contribution is -2.46. The highest BCUT2D eigenvalue weighted by Gasteiger charge is 2.19. The third kappa shape index (κ3) is 6.41. The second-order valence-electron chi connectivity index (χ2n) is 8.22. The van der Waals surface area contributed by atoms with E-state index in [1.54, 1.807) is 20.4 Å². The number of carbonyl (C=O) groups is 1. The quantitative estimate of drug-likeness (QED) is 0.338. The minimum atomic E-state index is -0.257. The van der Waals surface area contributed by atoms with Crippen molar-refractivity contribution < 1.29 is 14.3 Å². The SMILES string of the molecule is COc1ccc(Br)cc1C=NNC(=O)c1ccc(CN2CCN(c3ccccc3OC)CC2)cc1. The third-order valence-corrected chi connectivity index (χ3v) is 6.48. The monoisotopic (exact) mass is 536 g/mol. The molecule has 0 spiro atoms. The molecule has 1 saturated heterocycles. The molecule has 3 aromatic rings. The number of ether oxygens (including phenoxy) is 2. The third-order valence-electron chi connectivity index (χ3n) is 5.98. The van der Waals surface area contributed by atoms with Crippen LogP contribution in [0.25, 0.3) is 0 Å². The first kappa shape index (κ1) is 24.8. The topological polar surface area (TPSA) is 66.4 Å². The number of hydrogen-bond donors (Lipinski definition) is 1. The van der Waals surface area contributed by atoms with E-state index in [0.717, 1.165) is 54.2 Å². The van der Waals surface area contributed by atoms with Crippen LogP contribution in [0.5, 0.6) is 11.5 Å². The highest BCUT2D eigenvalue weighted by Crippen LogP contribution is 2.28. The number of methoxy groups -OCH3 is 2. The maximum Gasteiger partial charge on any atom is 0.271 e. The molecule has 3 aromatic carbocycles. The van der Waals surface area contributed by atoms with Gasteiger partial charge in [-0.3, -0.25) is 9.69 Å². The highest BCUT2D eigenvalue weighted by atomic mass is 79.9. The van der Waals surface area contributed by atoms with E-state index in [4.69, 9.17) is 9.47 Å². The summed E-state index contributed by atoms with van der Waals surface area (Å²) in [4.78, 5) is 17.3. The summed E-state index contributed by atoms with van der Waals surface area (Å²) in [6, 6.07) is 21.4. The first-order valence-electron chi connectivity index (χ1n) is 11.4. The molecule has 0 atom stereocenters. The molecule has 1 aliphatic heterocycles. The van der Waals surface area contributed by atoms with Gasteiger partial charge in [-0.2, -0.15) is 5.10 Å². The zero-order valence-corrected chi connectivity index (χ0v) is 21.5. The number of carbonyl (C=O) groups excluding carboxylic acids is 1. The Morgan fingerprint density at radius 1 is 0.971 bits per heavy atom. The number of nitrogens with one attached hydrogen (secondary N) is 1. The van der Waals surface area contributed by atoms with Crippen molar-refractivity contribution in [2.24, 2.45) is 5.10 Å². The van der Waals surface area contributed by atoms with Gasteiger partial charge in [0, 0.05) is 48.3 Å². The van der Waals surface area contributed by atoms with Crippen LogP contribution in [0.1, 0.15) is 21.5 Å². The number of para-hydroxylation sites is 2. The number of benzene rings is 3. The molecule has 0 saturated carbocycles. The van der Waals surface area contributed by atoms with E-state index in [9.17, 15) is 4.79 Å². The largest absolute Gasteiger partial charge is 0.496 e. The van der Waals surface area contributed by atoms with Crippen molar-refractivity contribution in [1.82, 2.24) is 10.3 Å². The number of amides is 1. The van der Waals surface area contributed by atoms with E-state index in [-0.39, 0.29) is 5.91 Å². The van der Waals surface area contributed by atoms with Crippen LogP contribution in [0, 0.1) is 0 Å². The molecule has 0 unspecified atom stereocenters. The summed E-state index contributed by atoms with van der Waals surface area (Å²) in [5.41, 5.74) is 6.23. The average molecular weight is 537 g/mol. The van der Waals surface area contributed by atoms with Crippen molar-refractivity contribution in [2.45, 2.75) is 6.54 Å². The van der Waals surface area contributed by atoms with Crippen molar-refractivity contribution in [3.63, 3.8) is 0 Å². The van der Waals surface area contributed by atoms with Gasteiger partial charge < -0.3 is 14.4 Å². The van der Waals surface area contributed by atoms with Crippen molar-refractivity contribution >= 4 is 33.7 Å². The van der Waals surface area contributed by atoms with Gasteiger partial charge in [0.25, 0.3) is 5.91 Å². The lowest BCUT2D eigenvalue weighted by molar-refractivity contribution is 0.0955. The molecule has 1 N–H and O–H groups in total. The van der Waals surface area contributed by atoms with Gasteiger partial charge in [-0.05, 0) is 48.0 Å². The molecule has 1 fully saturated rings. The van der Waals surface area contributed by atoms with Crippen LogP contribution in [-0.4, -0.2) is 57.4 Å². The van der Waals surface area contributed by atoms with Crippen LogP contribution in [-0.2, 0) is 6.54 Å². The van der Waals surface area contributed by atoms with Crippen LogP contribution in [0.3, 0.4) is 0 Å². The van der Waals surface area contributed by atoms with E-state index in [1.807, 2.05) is 60.7 Å². The van der Waals surface area contributed by atoms with Gasteiger partial charge in [-0.25, -0.2) is 5.43 Å². The lowest BCUT2D eigenvalue weighted by Gasteiger charge is -2.36. The number of anilines is 1. The van der Waals surface area contributed by atoms with Gasteiger partial charge in [0.2, 0.25) is 0 Å². The smallest absolute Gasteiger partial charge is 0.271 e. The van der Waals surface area contributed by atoms with Gasteiger partial charge in [0.1, 0.15) is 11.5 Å². The second-order valence-corrected chi connectivity index (χ2v) is 9.13. The fourth-order valence-electron chi connectivity index (χ4n) is 4.09. The summed E-state index contributed by atoms with van der Waals surface area (Å²) < 4.78 is 11.7. The van der Waals surface area contributed by atoms with Crippen LogP contribution in [0.15, 0.2) is 76.3 Å². The highest BCUT2D eigenvalue weighted by molar-refractivity contribution is 9.10. The Morgan fingerprint density at radius 3 is 2.40 bits per heavy atom. The summed E-state index contributed by atoms with van der Waals surface area (Å²) in [7, 11) is 3.31. The lowest BCUT2D eigenvalue weighted by atomic mass is 10.1. The molecule has 1 amide bonds. The first-order valence-corrected chi connectivity index (χ1v) is 12.2. The summed E-state index contributed by atoms with van der Waals surface area (Å²) in [5.74, 6) is 1.33. The molecule has 1 aliphatic rings. The van der Waals surface area contributed by atoms with E-state index in [1.165, 1.54) is 5.56 Å². The summed E-state index contributed by atoms with van der Waals surface area (Å²) in [6.07, 6.45) is 1.57. The number of hydrazone groups is 1. The molecular formula is C27H29BrN4O3. The fraction of sp³-hybridized carbons (Fsp3) is 0.259. The zero-order chi connectivity index (χ0) is 24.6. The Bertz CT molecular complexity index is 1180. The maximum atomic E-state index is 12.5. The standard InChI is InChI=1S/C27H29BrN4O3/c1-34-25-12-11-23(28)17-22(25)18-29-30-27(33)21-9-7-20(8-10-21)19-31-13-15-32(16-14-31)24-5-3-4-6-26(24)35-2/h3-12,17-18H,13-16,19H2,1-2H3,(H,30,33). The minimum Gasteiger partial charge on any atom is -0.496 e. The number of halogens is 1. The normalized spacial score (nSPS) is 14.2. The van der Waals surface area contributed by atoms with E-state index >= 15 is 0 Å². The molecule has 1 heterocycles. The molecule has 182 valence electrons. The zero-order valence-electron chi connectivity index (χ0n) is 19.9. The van der Waals surface area contributed by atoms with Crippen LogP contribution < -0.4 is 19.8 Å². The molecule has 0 radical (unpaired) electrons. The van der Waals surface area contributed by atoms with E-state index < -0.39 is 0 Å². The fourth-order valence-corrected chi connectivity index (χ4v) is 4.47. The molecule has 0 aromatic heterocycles. The number of rotatable bonds is 8. The molecular weight excluding hydrogens is 508 g/mol. The number of nitrogens with zero attached hydrogens (tertiary/aromatic N) is 3. The minimum absolute atomic E-state index is 0.257. The molecule has 4 rings (SSSR count). The van der Waals surface area contributed by atoms with Gasteiger partial charge in [-0.1, -0.05) is 40.2 Å². The Balaban J connectivity index is 1.28. The van der Waals surface area contributed by atoms with Crippen molar-refractivity contribution in [2.75, 3.05) is 45.3 Å². The summed E-state index contributed by atoms with van der Waals surface area (Å²) in [6.45, 7) is 4.67. The molecule has 8 heteroatoms. The number of hydrogen-bond acceptors (Lipinski definition) is 6. The molecule has 0 aliphatic carbocycles. The van der Waals surface area contributed by atoms with E-state index in [2.05, 4.69) is 42.3 Å². The van der Waals surface area contributed by atoms with Gasteiger partial charge in [0.15, 0.2) is 0 Å². The van der Waals surface area contributed by atoms with Gasteiger partial charge in [-0.15, -0.1) is 0 Å².